The van der Waals surface area contributed by atoms with Gasteiger partial charge in [0, 0.05) is 13.1 Å². The van der Waals surface area contributed by atoms with Gasteiger partial charge in [0.25, 0.3) is 0 Å². The van der Waals surface area contributed by atoms with Crippen molar-refractivity contribution in [1.82, 2.24) is 14.1 Å². The zero-order valence-corrected chi connectivity index (χ0v) is 15.3. The summed E-state index contributed by atoms with van der Waals surface area (Å²) in [5.74, 6) is 0. The average Bonchev–Trinajstić information content (AvgIpc) is 3.33. The van der Waals surface area contributed by atoms with Gasteiger partial charge in [0.2, 0.25) is 10.0 Å². The molecule has 5 nitrogen and oxygen atoms in total. The number of sulfonamides is 1. The van der Waals surface area contributed by atoms with Gasteiger partial charge in [0.05, 0.1) is 16.8 Å². The Balaban J connectivity index is 1.84. The Morgan fingerprint density at radius 1 is 0.960 bits per heavy atom. The number of hydrogen-bond acceptors (Lipinski definition) is 4. The van der Waals surface area contributed by atoms with E-state index in [-0.39, 0.29) is 0 Å². The Kier molecular flexibility index (Phi) is 4.45. The highest BCUT2D eigenvalue weighted by Gasteiger charge is 2.31. The molecular weight excluding hydrogens is 354 g/mol. The molecule has 4 rings (SSSR count). The van der Waals surface area contributed by atoms with Gasteiger partial charge < -0.3 is 0 Å². The van der Waals surface area contributed by atoms with Gasteiger partial charge in [0.1, 0.15) is 10.6 Å². The van der Waals surface area contributed by atoms with Crippen LogP contribution in [0.4, 0.5) is 0 Å². The first-order valence-electron chi connectivity index (χ1n) is 8.35. The molecule has 2 aromatic heterocycles. The van der Waals surface area contributed by atoms with Crippen molar-refractivity contribution in [2.24, 2.45) is 0 Å². The van der Waals surface area contributed by atoms with Gasteiger partial charge in [-0.15, -0.1) is 11.3 Å². The lowest BCUT2D eigenvalue weighted by Gasteiger charge is -2.25. The van der Waals surface area contributed by atoms with Gasteiger partial charge in [-0.25, -0.2) is 13.1 Å². The SMILES string of the molecule is O=S(=O)(c1cn(-c2ccccc2)nc1-c1cccs1)N1CCCCC1. The van der Waals surface area contributed by atoms with E-state index in [4.69, 9.17) is 0 Å². The number of para-hydroxylation sites is 1. The standard InChI is InChI=1S/C18H19N3O2S2/c22-25(23,20-11-5-2-6-12-20)17-14-21(15-8-3-1-4-9-15)19-18(17)16-10-7-13-24-16/h1,3-4,7-10,13-14H,2,5-6,11-12H2. The lowest BCUT2D eigenvalue weighted by atomic mass is 10.2. The third kappa shape index (κ3) is 3.15. The summed E-state index contributed by atoms with van der Waals surface area (Å²) in [4.78, 5) is 1.16. The van der Waals surface area contributed by atoms with Gasteiger partial charge in [-0.2, -0.15) is 9.40 Å². The molecule has 1 aliphatic heterocycles. The summed E-state index contributed by atoms with van der Waals surface area (Å²) in [7, 11) is -3.55. The predicted molar refractivity (Wildman–Crippen MR) is 99.5 cm³/mol. The van der Waals surface area contributed by atoms with Crippen LogP contribution in [0, 0.1) is 0 Å². The van der Waals surface area contributed by atoms with Crippen LogP contribution in [0.25, 0.3) is 16.3 Å². The van der Waals surface area contributed by atoms with Crippen molar-refractivity contribution in [3.8, 4) is 16.3 Å². The molecule has 1 fully saturated rings. The molecule has 0 unspecified atom stereocenters. The molecule has 0 aliphatic carbocycles. The van der Waals surface area contributed by atoms with Crippen molar-refractivity contribution in [1.29, 1.82) is 0 Å². The fraction of sp³-hybridized carbons (Fsp3) is 0.278. The maximum atomic E-state index is 13.2. The van der Waals surface area contributed by atoms with Crippen LogP contribution in [0.15, 0.2) is 58.9 Å². The van der Waals surface area contributed by atoms with E-state index in [1.165, 1.54) is 11.3 Å². The molecule has 0 bridgehead atoms. The number of thiophene rings is 1. The first-order valence-corrected chi connectivity index (χ1v) is 10.7. The van der Waals surface area contributed by atoms with Gasteiger partial charge in [-0.3, -0.25) is 0 Å². The number of benzene rings is 1. The minimum Gasteiger partial charge on any atom is -0.239 e. The molecule has 3 aromatic rings. The van der Waals surface area contributed by atoms with Crippen molar-refractivity contribution in [3.05, 3.63) is 54.0 Å². The third-order valence-electron chi connectivity index (χ3n) is 4.39. The monoisotopic (exact) mass is 373 g/mol. The van der Waals surface area contributed by atoms with Crippen LogP contribution >= 0.6 is 11.3 Å². The smallest absolute Gasteiger partial charge is 0.239 e. The predicted octanol–water partition coefficient (Wildman–Crippen LogP) is 3.78. The largest absolute Gasteiger partial charge is 0.246 e. The van der Waals surface area contributed by atoms with Crippen LogP contribution in [0.5, 0.6) is 0 Å². The van der Waals surface area contributed by atoms with Crippen LogP contribution in [-0.4, -0.2) is 35.6 Å². The number of aromatic nitrogens is 2. The first-order chi connectivity index (χ1) is 12.2. The van der Waals surface area contributed by atoms with Gasteiger partial charge >= 0.3 is 0 Å². The molecule has 0 amide bonds. The van der Waals surface area contributed by atoms with Crippen molar-refractivity contribution >= 4 is 21.4 Å². The van der Waals surface area contributed by atoms with Crippen molar-refractivity contribution < 1.29 is 8.42 Å². The van der Waals surface area contributed by atoms with E-state index in [2.05, 4.69) is 5.10 Å². The van der Waals surface area contributed by atoms with Crippen LogP contribution < -0.4 is 0 Å². The van der Waals surface area contributed by atoms with E-state index in [9.17, 15) is 8.42 Å². The summed E-state index contributed by atoms with van der Waals surface area (Å²) in [6.45, 7) is 1.17. The Morgan fingerprint density at radius 2 is 1.72 bits per heavy atom. The summed E-state index contributed by atoms with van der Waals surface area (Å²) < 4.78 is 29.7. The van der Waals surface area contributed by atoms with E-state index >= 15 is 0 Å². The fourth-order valence-corrected chi connectivity index (χ4v) is 5.52. The molecule has 0 radical (unpaired) electrons. The maximum absolute atomic E-state index is 13.2. The molecule has 25 heavy (non-hydrogen) atoms. The zero-order valence-electron chi connectivity index (χ0n) is 13.7. The molecule has 7 heteroatoms. The van der Waals surface area contributed by atoms with Gasteiger partial charge in [-0.05, 0) is 36.4 Å². The van der Waals surface area contributed by atoms with Crippen molar-refractivity contribution in [2.45, 2.75) is 24.2 Å². The second kappa shape index (κ2) is 6.74. The lowest BCUT2D eigenvalue weighted by Crippen LogP contribution is -2.35. The maximum Gasteiger partial charge on any atom is 0.246 e. The van der Waals surface area contributed by atoms with E-state index < -0.39 is 10.0 Å². The number of piperidine rings is 1. The molecule has 1 aromatic carbocycles. The summed E-state index contributed by atoms with van der Waals surface area (Å²) in [6.07, 6.45) is 4.57. The average molecular weight is 374 g/mol. The minimum absolute atomic E-state index is 0.292. The Hall–Kier alpha value is -1.96. The quantitative estimate of drug-likeness (QED) is 0.699. The molecule has 0 spiro atoms. The van der Waals surface area contributed by atoms with Crippen LogP contribution in [0.2, 0.25) is 0 Å². The second-order valence-corrected chi connectivity index (χ2v) is 8.92. The molecule has 1 aliphatic rings. The second-order valence-electron chi connectivity index (χ2n) is 6.06. The summed E-state index contributed by atoms with van der Waals surface area (Å²) >= 11 is 1.50. The topological polar surface area (TPSA) is 55.2 Å². The highest BCUT2D eigenvalue weighted by molar-refractivity contribution is 7.89. The first kappa shape index (κ1) is 16.5. The molecule has 0 saturated carbocycles. The number of rotatable bonds is 4. The molecule has 0 atom stereocenters. The lowest BCUT2D eigenvalue weighted by molar-refractivity contribution is 0.347. The number of hydrogen-bond donors (Lipinski definition) is 0. The van der Waals surface area contributed by atoms with Crippen LogP contribution in [0.1, 0.15) is 19.3 Å². The summed E-state index contributed by atoms with van der Waals surface area (Å²) in [5, 5.41) is 6.54. The zero-order chi connectivity index (χ0) is 17.3. The fourth-order valence-electron chi connectivity index (χ4n) is 3.09. The Bertz CT molecular complexity index is 942. The Morgan fingerprint density at radius 3 is 2.40 bits per heavy atom. The Labute approximate surface area is 151 Å². The van der Waals surface area contributed by atoms with Crippen molar-refractivity contribution in [3.63, 3.8) is 0 Å². The molecular formula is C18H19N3O2S2. The molecule has 3 heterocycles. The highest BCUT2D eigenvalue weighted by Crippen LogP contribution is 2.33. The van der Waals surface area contributed by atoms with E-state index in [0.29, 0.717) is 23.7 Å². The summed E-state index contributed by atoms with van der Waals surface area (Å²) in [6, 6.07) is 13.4. The van der Waals surface area contributed by atoms with Crippen molar-refractivity contribution in [2.75, 3.05) is 13.1 Å². The third-order valence-corrected chi connectivity index (χ3v) is 7.16. The van der Waals surface area contributed by atoms with Gasteiger partial charge in [0.15, 0.2) is 0 Å². The van der Waals surface area contributed by atoms with Crippen LogP contribution in [-0.2, 0) is 10.0 Å². The van der Waals surface area contributed by atoms with E-state index in [1.807, 2.05) is 47.8 Å². The van der Waals surface area contributed by atoms with E-state index in [0.717, 1.165) is 29.8 Å². The minimum atomic E-state index is -3.55. The van der Waals surface area contributed by atoms with Crippen LogP contribution in [0.3, 0.4) is 0 Å². The molecule has 1 saturated heterocycles. The highest BCUT2D eigenvalue weighted by atomic mass is 32.2. The van der Waals surface area contributed by atoms with Gasteiger partial charge in [-0.1, -0.05) is 30.7 Å². The van der Waals surface area contributed by atoms with E-state index in [1.54, 1.807) is 15.2 Å². The molecule has 130 valence electrons. The molecule has 0 N–H and O–H groups in total. The normalized spacial score (nSPS) is 16.2. The number of nitrogens with zero attached hydrogens (tertiary/aromatic N) is 3. The summed E-state index contributed by atoms with van der Waals surface area (Å²) in [5.41, 5.74) is 1.38.